The topological polar surface area (TPSA) is 32.3 Å². The molecule has 2 rings (SSSR count). The van der Waals surface area contributed by atoms with Crippen LogP contribution in [0.4, 0.5) is 0 Å². The van der Waals surface area contributed by atoms with Gasteiger partial charge in [0.05, 0.1) is 16.1 Å². The molecule has 19 heavy (non-hydrogen) atoms. The molecule has 0 spiro atoms. The van der Waals surface area contributed by atoms with Crippen LogP contribution in [-0.2, 0) is 11.3 Å². The van der Waals surface area contributed by atoms with Gasteiger partial charge in [0.2, 0.25) is 5.91 Å². The molecule has 1 N–H and O–H groups in total. The lowest BCUT2D eigenvalue weighted by molar-refractivity contribution is -0.132. The van der Waals surface area contributed by atoms with Crippen LogP contribution in [0.1, 0.15) is 5.56 Å². The summed E-state index contributed by atoms with van der Waals surface area (Å²) in [5.41, 5.74) is 0.869. The van der Waals surface area contributed by atoms with Crippen LogP contribution in [0.3, 0.4) is 0 Å². The number of hydrogen-bond donors (Lipinski definition) is 1. The van der Waals surface area contributed by atoms with Crippen LogP contribution in [0.25, 0.3) is 0 Å². The number of nitrogens with zero attached hydrogens (tertiary/aromatic N) is 1. The molecule has 0 aromatic heterocycles. The number of thioether (sulfide) groups is 1. The summed E-state index contributed by atoms with van der Waals surface area (Å²) in [6, 6.07) is 5.38. The molecule has 104 valence electrons. The minimum atomic E-state index is -0.0956. The molecule has 0 saturated carbocycles. The van der Waals surface area contributed by atoms with Gasteiger partial charge in [-0.25, -0.2) is 0 Å². The van der Waals surface area contributed by atoms with Gasteiger partial charge in [0, 0.05) is 31.6 Å². The SMILES string of the molecule is CN(Cc1cccc(Cl)c1Cl)C(=O)C1CSCCN1. The van der Waals surface area contributed by atoms with Crippen molar-refractivity contribution in [3.8, 4) is 0 Å². The highest BCUT2D eigenvalue weighted by atomic mass is 35.5. The summed E-state index contributed by atoms with van der Waals surface area (Å²) < 4.78 is 0. The maximum absolute atomic E-state index is 12.3. The molecule has 1 fully saturated rings. The molecular formula is C13H16Cl2N2OS. The Balaban J connectivity index is 2.01. The van der Waals surface area contributed by atoms with E-state index in [-0.39, 0.29) is 11.9 Å². The van der Waals surface area contributed by atoms with Crippen LogP contribution < -0.4 is 5.32 Å². The van der Waals surface area contributed by atoms with Crippen molar-refractivity contribution in [2.24, 2.45) is 0 Å². The fourth-order valence-electron chi connectivity index (χ4n) is 1.99. The van der Waals surface area contributed by atoms with Gasteiger partial charge in [-0.15, -0.1) is 0 Å². The van der Waals surface area contributed by atoms with Gasteiger partial charge in [-0.05, 0) is 11.6 Å². The van der Waals surface area contributed by atoms with E-state index >= 15 is 0 Å². The molecule has 3 nitrogen and oxygen atoms in total. The van der Waals surface area contributed by atoms with E-state index in [0.717, 1.165) is 23.6 Å². The molecule has 1 amide bonds. The maximum atomic E-state index is 12.3. The van der Waals surface area contributed by atoms with Gasteiger partial charge in [0.1, 0.15) is 0 Å². The Morgan fingerprint density at radius 1 is 1.53 bits per heavy atom. The fourth-order valence-corrected chi connectivity index (χ4v) is 3.30. The van der Waals surface area contributed by atoms with Crippen LogP contribution in [0.2, 0.25) is 10.0 Å². The molecule has 0 bridgehead atoms. The Bertz CT molecular complexity index is 464. The van der Waals surface area contributed by atoms with Crippen LogP contribution in [0.5, 0.6) is 0 Å². The number of carbonyl (C=O) groups excluding carboxylic acids is 1. The maximum Gasteiger partial charge on any atom is 0.240 e. The Morgan fingerprint density at radius 2 is 2.32 bits per heavy atom. The lowest BCUT2D eigenvalue weighted by atomic mass is 10.2. The van der Waals surface area contributed by atoms with Gasteiger partial charge in [0.15, 0.2) is 0 Å². The van der Waals surface area contributed by atoms with Gasteiger partial charge in [-0.3, -0.25) is 4.79 Å². The molecule has 1 unspecified atom stereocenters. The normalized spacial score (nSPS) is 19.2. The van der Waals surface area contributed by atoms with E-state index in [1.54, 1.807) is 29.8 Å². The minimum Gasteiger partial charge on any atom is -0.340 e. The number of amides is 1. The van der Waals surface area contributed by atoms with E-state index in [4.69, 9.17) is 23.2 Å². The number of halogens is 2. The first-order valence-corrected chi connectivity index (χ1v) is 7.99. The van der Waals surface area contributed by atoms with Crippen molar-refractivity contribution >= 4 is 40.9 Å². The van der Waals surface area contributed by atoms with Gasteiger partial charge in [-0.1, -0.05) is 35.3 Å². The molecule has 1 aromatic rings. The molecule has 1 saturated heterocycles. The number of nitrogens with one attached hydrogen (secondary N) is 1. The number of carbonyl (C=O) groups is 1. The predicted molar refractivity (Wildman–Crippen MR) is 82.1 cm³/mol. The van der Waals surface area contributed by atoms with Crippen LogP contribution in [0.15, 0.2) is 18.2 Å². The van der Waals surface area contributed by atoms with Crippen LogP contribution in [-0.4, -0.2) is 41.9 Å². The summed E-state index contributed by atoms with van der Waals surface area (Å²) in [6.45, 7) is 1.36. The number of benzene rings is 1. The highest BCUT2D eigenvalue weighted by Gasteiger charge is 2.24. The average molecular weight is 319 g/mol. The fraction of sp³-hybridized carbons (Fsp3) is 0.462. The smallest absolute Gasteiger partial charge is 0.240 e. The molecule has 1 aromatic carbocycles. The van der Waals surface area contributed by atoms with E-state index in [9.17, 15) is 4.79 Å². The van der Waals surface area contributed by atoms with Crippen molar-refractivity contribution in [2.75, 3.05) is 25.1 Å². The monoisotopic (exact) mass is 318 g/mol. The molecule has 0 aliphatic carbocycles. The zero-order valence-corrected chi connectivity index (χ0v) is 13.0. The molecule has 6 heteroatoms. The minimum absolute atomic E-state index is 0.0956. The predicted octanol–water partition coefficient (Wildman–Crippen LogP) is 2.66. The van der Waals surface area contributed by atoms with Gasteiger partial charge >= 0.3 is 0 Å². The third-order valence-electron chi connectivity index (χ3n) is 3.04. The number of likely N-dealkylation sites (N-methyl/N-ethyl adjacent to an activating group) is 1. The van der Waals surface area contributed by atoms with Crippen molar-refractivity contribution in [1.29, 1.82) is 0 Å². The van der Waals surface area contributed by atoms with E-state index in [2.05, 4.69) is 5.32 Å². The van der Waals surface area contributed by atoms with Gasteiger partial charge < -0.3 is 10.2 Å². The van der Waals surface area contributed by atoms with Crippen LogP contribution in [0, 0.1) is 0 Å². The summed E-state index contributed by atoms with van der Waals surface area (Å²) in [7, 11) is 1.79. The van der Waals surface area contributed by atoms with E-state index in [0.29, 0.717) is 16.6 Å². The lowest BCUT2D eigenvalue weighted by Crippen LogP contribution is -2.49. The van der Waals surface area contributed by atoms with Crippen molar-refractivity contribution in [1.82, 2.24) is 10.2 Å². The van der Waals surface area contributed by atoms with Gasteiger partial charge in [0.25, 0.3) is 0 Å². The highest BCUT2D eigenvalue weighted by molar-refractivity contribution is 7.99. The molecule has 1 aliphatic rings. The summed E-state index contributed by atoms with van der Waals surface area (Å²) in [5.74, 6) is 1.99. The molecule has 1 heterocycles. The van der Waals surface area contributed by atoms with E-state index < -0.39 is 0 Å². The Hall–Kier alpha value is -0.420. The summed E-state index contributed by atoms with van der Waals surface area (Å²) in [5, 5.41) is 4.28. The quantitative estimate of drug-likeness (QED) is 0.930. The third kappa shape index (κ3) is 3.78. The second-order valence-electron chi connectivity index (χ2n) is 4.49. The third-order valence-corrected chi connectivity index (χ3v) is 4.95. The van der Waals surface area contributed by atoms with Crippen molar-refractivity contribution < 1.29 is 4.79 Å². The van der Waals surface area contributed by atoms with Crippen molar-refractivity contribution in [3.63, 3.8) is 0 Å². The van der Waals surface area contributed by atoms with Crippen LogP contribution >= 0.6 is 35.0 Å². The van der Waals surface area contributed by atoms with E-state index in [1.807, 2.05) is 12.1 Å². The average Bonchev–Trinajstić information content (AvgIpc) is 2.44. The second-order valence-corrected chi connectivity index (χ2v) is 6.42. The zero-order valence-electron chi connectivity index (χ0n) is 10.7. The van der Waals surface area contributed by atoms with Crippen molar-refractivity contribution in [3.05, 3.63) is 33.8 Å². The Kier molecular flexibility index (Phi) is 5.39. The zero-order chi connectivity index (χ0) is 13.8. The molecule has 0 radical (unpaired) electrons. The second kappa shape index (κ2) is 6.84. The molecule has 1 atom stereocenters. The largest absolute Gasteiger partial charge is 0.340 e. The molecule has 1 aliphatic heterocycles. The lowest BCUT2D eigenvalue weighted by Gasteiger charge is -2.27. The number of hydrogen-bond acceptors (Lipinski definition) is 3. The van der Waals surface area contributed by atoms with Crippen molar-refractivity contribution in [2.45, 2.75) is 12.6 Å². The standard InChI is InChI=1S/C13H16Cl2N2OS/c1-17(13(18)11-8-19-6-5-16-11)7-9-3-2-4-10(14)12(9)15/h2-4,11,16H,5-8H2,1H3. The van der Waals surface area contributed by atoms with E-state index in [1.165, 1.54) is 0 Å². The first kappa shape index (κ1) is 15.0. The van der Waals surface area contributed by atoms with Gasteiger partial charge in [-0.2, -0.15) is 11.8 Å². The first-order valence-electron chi connectivity index (χ1n) is 6.08. The summed E-state index contributed by atoms with van der Waals surface area (Å²) in [4.78, 5) is 14.0. The highest BCUT2D eigenvalue weighted by Crippen LogP contribution is 2.26. The molecular weight excluding hydrogens is 303 g/mol. The Labute approximate surface area is 127 Å². The summed E-state index contributed by atoms with van der Waals surface area (Å²) >= 11 is 13.9. The Morgan fingerprint density at radius 3 is 3.00 bits per heavy atom. The first-order chi connectivity index (χ1) is 9.09. The summed E-state index contributed by atoms with van der Waals surface area (Å²) in [6.07, 6.45) is 0. The number of rotatable bonds is 3.